The zero-order valence-electron chi connectivity index (χ0n) is 8.79. The Kier molecular flexibility index (Phi) is 2.39. The first kappa shape index (κ1) is 10.1. The molecule has 3 aromatic rings. The molecule has 86 valence electrons. The Morgan fingerprint density at radius 3 is 3.12 bits per heavy atom. The Hall–Kier alpha value is -2.12. The van der Waals surface area contributed by atoms with E-state index in [-0.39, 0.29) is 0 Å². The number of thiophene rings is 1. The van der Waals surface area contributed by atoms with Crippen LogP contribution in [0, 0.1) is 0 Å². The fraction of sp³-hybridized carbons (Fsp3) is 0. The van der Waals surface area contributed by atoms with E-state index in [1.54, 1.807) is 23.7 Å². The first-order chi connectivity index (χ1) is 8.36. The van der Waals surface area contributed by atoms with E-state index in [0.717, 1.165) is 11.3 Å². The molecular weight excluding hydrogens is 236 g/mol. The van der Waals surface area contributed by atoms with Gasteiger partial charge in [0.15, 0.2) is 17.3 Å². The molecule has 0 atom stereocenters. The summed E-state index contributed by atoms with van der Waals surface area (Å²) in [6.07, 6.45) is 5.34. The zero-order valence-corrected chi connectivity index (χ0v) is 9.61. The Bertz CT molecular complexity index is 629. The fourth-order valence-corrected chi connectivity index (χ4v) is 2.15. The molecule has 3 aromatic heterocycles. The maximum atomic E-state index is 5.38. The van der Waals surface area contributed by atoms with Crippen LogP contribution in [0.1, 0.15) is 0 Å². The van der Waals surface area contributed by atoms with Gasteiger partial charge in [-0.15, -0.1) is 0 Å². The Morgan fingerprint density at radius 1 is 1.41 bits per heavy atom. The van der Waals surface area contributed by atoms with Gasteiger partial charge in [0, 0.05) is 17.8 Å². The number of nitrogen functional groups attached to an aromatic ring is 1. The van der Waals surface area contributed by atoms with Crippen molar-refractivity contribution in [1.82, 2.24) is 14.4 Å². The highest BCUT2D eigenvalue weighted by Crippen LogP contribution is 2.22. The van der Waals surface area contributed by atoms with Crippen LogP contribution < -0.4 is 16.6 Å². The minimum absolute atomic E-state index is 0.577. The van der Waals surface area contributed by atoms with Crippen LogP contribution in [-0.4, -0.2) is 14.4 Å². The van der Waals surface area contributed by atoms with E-state index in [2.05, 4.69) is 20.7 Å². The Balaban J connectivity index is 2.10. The van der Waals surface area contributed by atoms with Crippen molar-refractivity contribution in [3.8, 4) is 0 Å². The lowest BCUT2D eigenvalue weighted by Crippen LogP contribution is -2.10. The van der Waals surface area contributed by atoms with Crippen LogP contribution in [0.15, 0.2) is 35.4 Å². The molecule has 0 spiro atoms. The second-order valence-corrected chi connectivity index (χ2v) is 4.19. The van der Waals surface area contributed by atoms with Gasteiger partial charge in [0.25, 0.3) is 0 Å². The number of rotatable bonds is 3. The van der Waals surface area contributed by atoms with Crippen molar-refractivity contribution in [2.45, 2.75) is 0 Å². The zero-order chi connectivity index (χ0) is 11.7. The van der Waals surface area contributed by atoms with Gasteiger partial charge in [-0.2, -0.15) is 11.3 Å². The molecule has 4 N–H and O–H groups in total. The van der Waals surface area contributed by atoms with Gasteiger partial charge in [0.05, 0.1) is 11.9 Å². The minimum atomic E-state index is 0.577. The lowest BCUT2D eigenvalue weighted by Gasteiger charge is -2.07. The molecule has 0 saturated carbocycles. The molecule has 0 unspecified atom stereocenters. The van der Waals surface area contributed by atoms with Crippen molar-refractivity contribution in [1.29, 1.82) is 0 Å². The molecule has 0 aliphatic heterocycles. The quantitative estimate of drug-likeness (QED) is 0.485. The highest BCUT2D eigenvalue weighted by atomic mass is 32.1. The van der Waals surface area contributed by atoms with Gasteiger partial charge in [0.2, 0.25) is 0 Å². The van der Waals surface area contributed by atoms with Crippen LogP contribution in [0.25, 0.3) is 5.65 Å². The highest BCUT2D eigenvalue weighted by molar-refractivity contribution is 7.08. The van der Waals surface area contributed by atoms with Crippen molar-refractivity contribution in [2.75, 3.05) is 10.7 Å². The van der Waals surface area contributed by atoms with Gasteiger partial charge >= 0.3 is 0 Å². The topological polar surface area (TPSA) is 80.3 Å². The Labute approximate surface area is 101 Å². The molecule has 3 rings (SSSR count). The van der Waals surface area contributed by atoms with E-state index in [9.17, 15) is 0 Å². The molecule has 0 aliphatic rings. The number of hydrogen-bond donors (Lipinski definition) is 3. The van der Waals surface area contributed by atoms with Gasteiger partial charge < -0.3 is 15.1 Å². The summed E-state index contributed by atoms with van der Waals surface area (Å²) >= 11 is 1.62. The molecule has 17 heavy (non-hydrogen) atoms. The van der Waals surface area contributed by atoms with Gasteiger partial charge in [-0.3, -0.25) is 0 Å². The molecule has 0 saturated heterocycles. The Morgan fingerprint density at radius 2 is 2.35 bits per heavy atom. The monoisotopic (exact) mass is 246 g/mol. The summed E-state index contributed by atoms with van der Waals surface area (Å²) in [6, 6.07) is 1.98. The second-order valence-electron chi connectivity index (χ2n) is 3.41. The summed E-state index contributed by atoms with van der Waals surface area (Å²) in [6.45, 7) is 0. The second kappa shape index (κ2) is 4.04. The van der Waals surface area contributed by atoms with Gasteiger partial charge in [0.1, 0.15) is 0 Å². The number of nitrogens with one attached hydrogen (secondary N) is 2. The van der Waals surface area contributed by atoms with E-state index >= 15 is 0 Å². The van der Waals surface area contributed by atoms with Crippen LogP contribution in [0.5, 0.6) is 0 Å². The van der Waals surface area contributed by atoms with E-state index < -0.39 is 0 Å². The molecule has 0 radical (unpaired) electrons. The summed E-state index contributed by atoms with van der Waals surface area (Å²) in [4.78, 5) is 8.59. The molecule has 0 aromatic carbocycles. The molecule has 6 nitrogen and oxygen atoms in total. The maximum absolute atomic E-state index is 5.38. The van der Waals surface area contributed by atoms with Crippen LogP contribution in [-0.2, 0) is 0 Å². The highest BCUT2D eigenvalue weighted by Gasteiger charge is 2.07. The van der Waals surface area contributed by atoms with Crippen LogP contribution >= 0.6 is 11.3 Å². The smallest absolute Gasteiger partial charge is 0.180 e. The summed E-state index contributed by atoms with van der Waals surface area (Å²) in [5.74, 6) is 6.63. The summed E-state index contributed by atoms with van der Waals surface area (Å²) in [7, 11) is 0. The molecular formula is C10H10N6S. The minimum Gasteiger partial charge on any atom is -0.336 e. The van der Waals surface area contributed by atoms with Gasteiger partial charge in [-0.05, 0) is 11.4 Å². The molecule has 0 fully saturated rings. The molecule has 3 heterocycles. The van der Waals surface area contributed by atoms with Crippen LogP contribution in [0.2, 0.25) is 0 Å². The average molecular weight is 246 g/mol. The third kappa shape index (κ3) is 1.81. The van der Waals surface area contributed by atoms with Crippen molar-refractivity contribution < 1.29 is 0 Å². The van der Waals surface area contributed by atoms with E-state index in [0.29, 0.717) is 11.6 Å². The first-order valence-corrected chi connectivity index (χ1v) is 5.90. The number of nitrogens with zero attached hydrogens (tertiary/aromatic N) is 3. The average Bonchev–Trinajstić information content (AvgIpc) is 2.98. The third-order valence-corrected chi connectivity index (χ3v) is 2.99. The van der Waals surface area contributed by atoms with E-state index in [1.807, 2.05) is 27.4 Å². The summed E-state index contributed by atoms with van der Waals surface area (Å²) in [5, 5.41) is 7.21. The number of anilines is 3. The lowest BCUT2D eigenvalue weighted by atomic mass is 10.5. The first-order valence-electron chi connectivity index (χ1n) is 4.96. The van der Waals surface area contributed by atoms with Crippen molar-refractivity contribution in [3.63, 3.8) is 0 Å². The maximum Gasteiger partial charge on any atom is 0.180 e. The number of imidazole rings is 1. The third-order valence-electron chi connectivity index (χ3n) is 2.31. The van der Waals surface area contributed by atoms with Gasteiger partial charge in [-0.25, -0.2) is 15.8 Å². The fourth-order valence-electron chi connectivity index (χ4n) is 1.56. The summed E-state index contributed by atoms with van der Waals surface area (Å²) < 4.78 is 1.86. The van der Waals surface area contributed by atoms with Crippen LogP contribution in [0.4, 0.5) is 17.3 Å². The largest absolute Gasteiger partial charge is 0.336 e. The molecule has 7 heteroatoms. The number of nitrogens with two attached hydrogens (primary N) is 1. The van der Waals surface area contributed by atoms with Crippen LogP contribution in [0.3, 0.4) is 0 Å². The standard InChI is InChI=1S/C10H10N6S/c11-15-8-5-16-3-2-12-10(16)9(14-8)13-7-1-4-17-6-7/h1-6,15H,11H2,(H,13,14). The number of aromatic nitrogens is 3. The number of hydrazine groups is 1. The van der Waals surface area contributed by atoms with Gasteiger partial charge in [-0.1, -0.05) is 0 Å². The normalized spacial score (nSPS) is 10.6. The van der Waals surface area contributed by atoms with Crippen molar-refractivity contribution in [3.05, 3.63) is 35.4 Å². The van der Waals surface area contributed by atoms with E-state index in [1.165, 1.54) is 0 Å². The predicted molar refractivity (Wildman–Crippen MR) is 68.4 cm³/mol. The van der Waals surface area contributed by atoms with E-state index in [4.69, 9.17) is 5.84 Å². The van der Waals surface area contributed by atoms with Crippen molar-refractivity contribution >= 4 is 34.3 Å². The molecule has 0 amide bonds. The number of fused-ring (bicyclic) bond motifs is 1. The van der Waals surface area contributed by atoms with Crippen molar-refractivity contribution in [2.24, 2.45) is 5.84 Å². The number of hydrogen-bond acceptors (Lipinski definition) is 6. The lowest BCUT2D eigenvalue weighted by molar-refractivity contribution is 1.11. The summed E-state index contributed by atoms with van der Waals surface area (Å²) in [5.41, 5.74) is 4.28. The SMILES string of the molecule is NNc1cn2ccnc2c(Nc2ccsc2)n1. The predicted octanol–water partition coefficient (Wildman–Crippen LogP) is 1.82. The molecule has 0 bridgehead atoms. The molecule has 0 aliphatic carbocycles.